The van der Waals surface area contributed by atoms with Crippen LogP contribution in [0, 0.1) is 0 Å². The van der Waals surface area contributed by atoms with E-state index in [2.05, 4.69) is 4.98 Å². The summed E-state index contributed by atoms with van der Waals surface area (Å²) in [6, 6.07) is 3.66. The number of aromatic nitrogens is 1. The molecule has 4 N–H and O–H groups in total. The zero-order chi connectivity index (χ0) is 12.9. The Morgan fingerprint density at radius 2 is 2.29 bits per heavy atom. The molecule has 0 spiro atoms. The van der Waals surface area contributed by atoms with Crippen LogP contribution in [0.2, 0.25) is 5.02 Å². The first-order chi connectivity index (χ1) is 7.92. The van der Waals surface area contributed by atoms with Crippen molar-refractivity contribution in [2.75, 3.05) is 5.75 Å². The molecule has 0 aliphatic rings. The van der Waals surface area contributed by atoms with Crippen molar-refractivity contribution in [2.45, 2.75) is 30.3 Å². The number of carbonyl (C=O) groups is 1. The molecule has 1 rings (SSSR count). The summed E-state index contributed by atoms with van der Waals surface area (Å²) < 4.78 is 0. The molecule has 1 amide bonds. The first-order valence-electron chi connectivity index (χ1n) is 5.25. The van der Waals surface area contributed by atoms with E-state index in [0.29, 0.717) is 11.4 Å². The van der Waals surface area contributed by atoms with E-state index in [4.69, 9.17) is 23.1 Å². The van der Waals surface area contributed by atoms with Gasteiger partial charge in [0.15, 0.2) is 0 Å². The third-order valence-electron chi connectivity index (χ3n) is 2.35. The molecular formula is C11H16ClN3OS. The van der Waals surface area contributed by atoms with Crippen LogP contribution in [0.1, 0.15) is 19.8 Å². The summed E-state index contributed by atoms with van der Waals surface area (Å²) in [5, 5.41) is 1.53. The highest BCUT2D eigenvalue weighted by atomic mass is 35.5. The number of pyridine rings is 1. The summed E-state index contributed by atoms with van der Waals surface area (Å²) in [5.41, 5.74) is 10.0. The lowest BCUT2D eigenvalue weighted by Crippen LogP contribution is -2.49. The number of primary amides is 1. The second-order valence-corrected chi connectivity index (χ2v) is 5.60. The number of nitrogens with zero attached hydrogens (tertiary/aromatic N) is 1. The summed E-state index contributed by atoms with van der Waals surface area (Å²) in [5.74, 6) is 0.376. The molecule has 0 bridgehead atoms. The molecule has 0 saturated heterocycles. The predicted octanol–water partition coefficient (Wildman–Crippen LogP) is 1.81. The number of carbonyl (C=O) groups excluding carboxylic acids is 1. The highest BCUT2D eigenvalue weighted by Crippen LogP contribution is 2.20. The maximum atomic E-state index is 11.0. The smallest absolute Gasteiger partial charge is 0.237 e. The van der Waals surface area contributed by atoms with Crippen LogP contribution in [0.25, 0.3) is 0 Å². The van der Waals surface area contributed by atoms with Gasteiger partial charge in [-0.2, -0.15) is 0 Å². The Morgan fingerprint density at radius 1 is 1.59 bits per heavy atom. The summed E-state index contributed by atoms with van der Waals surface area (Å²) in [4.78, 5) is 15.1. The third-order valence-corrected chi connectivity index (χ3v) is 3.61. The standard InChI is InChI=1S/C11H16ClN3OS/c1-11(14,10(13)16)5-2-6-17-9-4-3-8(12)7-15-9/h3-4,7H,2,5-6,14H2,1H3,(H2,13,16). The number of nitrogens with two attached hydrogens (primary N) is 2. The van der Waals surface area contributed by atoms with Crippen molar-refractivity contribution in [1.82, 2.24) is 4.98 Å². The van der Waals surface area contributed by atoms with E-state index in [1.165, 1.54) is 0 Å². The van der Waals surface area contributed by atoms with E-state index >= 15 is 0 Å². The minimum Gasteiger partial charge on any atom is -0.368 e. The largest absolute Gasteiger partial charge is 0.368 e. The number of rotatable bonds is 6. The molecule has 6 heteroatoms. The SMILES string of the molecule is CC(N)(CCCSc1ccc(Cl)cn1)C(N)=O. The van der Waals surface area contributed by atoms with Gasteiger partial charge in [0.2, 0.25) is 5.91 Å². The zero-order valence-electron chi connectivity index (χ0n) is 9.65. The second-order valence-electron chi connectivity index (χ2n) is 4.05. The molecule has 0 fully saturated rings. The molecule has 1 aromatic rings. The number of amides is 1. The van der Waals surface area contributed by atoms with Gasteiger partial charge >= 0.3 is 0 Å². The predicted molar refractivity (Wildman–Crippen MR) is 71.0 cm³/mol. The Bertz CT molecular complexity index is 381. The molecule has 0 aliphatic carbocycles. The Kier molecular flexibility index (Phi) is 5.24. The topological polar surface area (TPSA) is 82.0 Å². The van der Waals surface area contributed by atoms with Gasteiger partial charge in [0, 0.05) is 6.20 Å². The third kappa shape index (κ3) is 4.93. The molecule has 94 valence electrons. The van der Waals surface area contributed by atoms with Gasteiger partial charge in [0.1, 0.15) is 0 Å². The van der Waals surface area contributed by atoms with Crippen molar-refractivity contribution in [3.8, 4) is 0 Å². The fourth-order valence-electron chi connectivity index (χ4n) is 1.19. The summed E-state index contributed by atoms with van der Waals surface area (Å²) in [6.07, 6.45) is 2.99. The van der Waals surface area contributed by atoms with Crippen LogP contribution in [0.4, 0.5) is 0 Å². The van der Waals surface area contributed by atoms with Crippen LogP contribution in [0.3, 0.4) is 0 Å². The summed E-state index contributed by atoms with van der Waals surface area (Å²) in [7, 11) is 0. The minimum absolute atomic E-state index is 0.466. The van der Waals surface area contributed by atoms with Gasteiger partial charge in [-0.1, -0.05) is 11.6 Å². The minimum atomic E-state index is -0.923. The monoisotopic (exact) mass is 273 g/mol. The van der Waals surface area contributed by atoms with Crippen LogP contribution in [-0.2, 0) is 4.79 Å². The Hall–Kier alpha value is -0.780. The van der Waals surface area contributed by atoms with Crippen molar-refractivity contribution in [1.29, 1.82) is 0 Å². The van der Waals surface area contributed by atoms with Gasteiger partial charge < -0.3 is 11.5 Å². The van der Waals surface area contributed by atoms with Crippen molar-refractivity contribution in [3.05, 3.63) is 23.4 Å². The fraction of sp³-hybridized carbons (Fsp3) is 0.455. The van der Waals surface area contributed by atoms with Gasteiger partial charge in [-0.05, 0) is 37.7 Å². The van der Waals surface area contributed by atoms with E-state index in [9.17, 15) is 4.79 Å². The first kappa shape index (κ1) is 14.3. The number of hydrogen-bond donors (Lipinski definition) is 2. The fourth-order valence-corrected chi connectivity index (χ4v) is 2.09. The molecule has 1 atom stereocenters. The van der Waals surface area contributed by atoms with Gasteiger partial charge in [-0.3, -0.25) is 4.79 Å². The van der Waals surface area contributed by atoms with Gasteiger partial charge in [0.05, 0.1) is 15.6 Å². The summed E-state index contributed by atoms with van der Waals surface area (Å²) >= 11 is 7.33. The van der Waals surface area contributed by atoms with E-state index < -0.39 is 11.4 Å². The average Bonchev–Trinajstić information content (AvgIpc) is 2.26. The average molecular weight is 274 g/mol. The number of hydrogen-bond acceptors (Lipinski definition) is 4. The van der Waals surface area contributed by atoms with E-state index in [0.717, 1.165) is 17.2 Å². The van der Waals surface area contributed by atoms with Crippen molar-refractivity contribution < 1.29 is 4.79 Å². The highest BCUT2D eigenvalue weighted by molar-refractivity contribution is 7.99. The van der Waals surface area contributed by atoms with Crippen molar-refractivity contribution >= 4 is 29.3 Å². The zero-order valence-corrected chi connectivity index (χ0v) is 11.2. The molecule has 0 saturated carbocycles. The summed E-state index contributed by atoms with van der Waals surface area (Å²) in [6.45, 7) is 1.65. The molecule has 0 radical (unpaired) electrons. The molecule has 1 heterocycles. The maximum Gasteiger partial charge on any atom is 0.237 e. The van der Waals surface area contributed by atoms with Gasteiger partial charge in [-0.15, -0.1) is 11.8 Å². The maximum absolute atomic E-state index is 11.0. The lowest BCUT2D eigenvalue weighted by molar-refractivity contribution is -0.122. The van der Waals surface area contributed by atoms with E-state index in [-0.39, 0.29) is 0 Å². The number of halogens is 1. The molecule has 0 aliphatic heterocycles. The second kappa shape index (κ2) is 6.23. The normalized spacial score (nSPS) is 14.3. The van der Waals surface area contributed by atoms with Crippen LogP contribution in [0.5, 0.6) is 0 Å². The van der Waals surface area contributed by atoms with Crippen molar-refractivity contribution in [2.24, 2.45) is 11.5 Å². The van der Waals surface area contributed by atoms with Crippen molar-refractivity contribution in [3.63, 3.8) is 0 Å². The van der Waals surface area contributed by atoms with Gasteiger partial charge in [0.25, 0.3) is 0 Å². The lowest BCUT2D eigenvalue weighted by atomic mass is 9.97. The van der Waals surface area contributed by atoms with E-state index in [1.54, 1.807) is 30.9 Å². The van der Waals surface area contributed by atoms with Crippen LogP contribution in [0.15, 0.2) is 23.4 Å². The molecule has 1 unspecified atom stereocenters. The molecule has 4 nitrogen and oxygen atoms in total. The highest BCUT2D eigenvalue weighted by Gasteiger charge is 2.24. The van der Waals surface area contributed by atoms with E-state index in [1.807, 2.05) is 6.07 Å². The Labute approximate surface area is 110 Å². The number of thioether (sulfide) groups is 1. The van der Waals surface area contributed by atoms with Crippen LogP contribution < -0.4 is 11.5 Å². The lowest BCUT2D eigenvalue weighted by Gasteiger charge is -2.19. The quantitative estimate of drug-likeness (QED) is 0.612. The molecular weight excluding hydrogens is 258 g/mol. The first-order valence-corrected chi connectivity index (χ1v) is 6.61. The van der Waals surface area contributed by atoms with Crippen LogP contribution in [-0.4, -0.2) is 22.2 Å². The Morgan fingerprint density at radius 3 is 2.82 bits per heavy atom. The van der Waals surface area contributed by atoms with Crippen LogP contribution >= 0.6 is 23.4 Å². The Balaban J connectivity index is 2.29. The molecule has 0 aromatic carbocycles. The molecule has 17 heavy (non-hydrogen) atoms. The molecule has 1 aromatic heterocycles. The van der Waals surface area contributed by atoms with Gasteiger partial charge in [-0.25, -0.2) is 4.98 Å².